The van der Waals surface area contributed by atoms with E-state index in [-0.39, 0.29) is 30.0 Å². The first kappa shape index (κ1) is 24.3. The lowest BCUT2D eigenvalue weighted by Crippen LogP contribution is -2.46. The Morgan fingerprint density at radius 3 is 2.16 bits per heavy atom. The molecule has 0 saturated carbocycles. The number of rotatable bonds is 9. The Labute approximate surface area is 178 Å². The predicted molar refractivity (Wildman–Crippen MR) is 102 cm³/mol. The van der Waals surface area contributed by atoms with Gasteiger partial charge in [-0.15, -0.1) is 0 Å². The minimum absolute atomic E-state index is 0.0259. The number of halogens is 3. The van der Waals surface area contributed by atoms with Crippen LogP contribution in [0.25, 0.3) is 0 Å². The quantitative estimate of drug-likeness (QED) is 0.338. The van der Waals surface area contributed by atoms with Crippen LogP contribution in [0, 0.1) is 27.6 Å². The van der Waals surface area contributed by atoms with Crippen LogP contribution in [-0.2, 0) is 14.3 Å². The highest BCUT2D eigenvalue weighted by Gasteiger charge is 2.35. The number of benzene rings is 2. The average Bonchev–Trinajstić information content (AvgIpc) is 2.70. The molecule has 0 spiro atoms. The number of nitrogens with one attached hydrogen (secondary N) is 1. The number of hydrogen-bond acceptors (Lipinski definition) is 6. The SMILES string of the molecule is CCOC(=O)C[C@@H](c1ccc([N+](=O)[O-])cc1)[C@H](NC(=O)c1c(F)cc(F)cc1F)C(=O)O. The number of carboxylic acid groups (broad SMARTS) is 1. The number of carbonyl (C=O) groups excluding carboxylic acids is 2. The van der Waals surface area contributed by atoms with E-state index in [4.69, 9.17) is 4.74 Å². The van der Waals surface area contributed by atoms with E-state index < -0.39 is 64.2 Å². The van der Waals surface area contributed by atoms with Crippen molar-refractivity contribution < 1.29 is 42.3 Å². The number of aliphatic carboxylic acids is 1. The van der Waals surface area contributed by atoms with Gasteiger partial charge < -0.3 is 15.2 Å². The van der Waals surface area contributed by atoms with Crippen molar-refractivity contribution in [2.24, 2.45) is 0 Å². The van der Waals surface area contributed by atoms with Crippen LogP contribution >= 0.6 is 0 Å². The fourth-order valence-electron chi connectivity index (χ4n) is 2.98. The Morgan fingerprint density at radius 2 is 1.69 bits per heavy atom. The molecule has 0 radical (unpaired) electrons. The molecule has 32 heavy (non-hydrogen) atoms. The second-order valence-electron chi connectivity index (χ2n) is 6.50. The number of nitrogens with zero attached hydrogens (tertiary/aromatic N) is 1. The molecule has 0 aliphatic rings. The van der Waals surface area contributed by atoms with E-state index in [0.29, 0.717) is 0 Å². The first-order chi connectivity index (χ1) is 15.0. The van der Waals surface area contributed by atoms with Crippen molar-refractivity contribution in [3.8, 4) is 0 Å². The first-order valence-corrected chi connectivity index (χ1v) is 9.13. The summed E-state index contributed by atoms with van der Waals surface area (Å²) in [5.74, 6) is -9.70. The number of non-ortho nitro benzene ring substituents is 1. The summed E-state index contributed by atoms with van der Waals surface area (Å²) in [7, 11) is 0. The highest BCUT2D eigenvalue weighted by Crippen LogP contribution is 2.27. The first-order valence-electron chi connectivity index (χ1n) is 9.13. The molecule has 2 N–H and O–H groups in total. The minimum Gasteiger partial charge on any atom is -0.480 e. The van der Waals surface area contributed by atoms with Gasteiger partial charge in [-0.25, -0.2) is 18.0 Å². The third-order valence-electron chi connectivity index (χ3n) is 4.41. The molecule has 2 aromatic rings. The number of hydrogen-bond donors (Lipinski definition) is 2. The van der Waals surface area contributed by atoms with Crippen LogP contribution in [-0.4, -0.2) is 40.5 Å². The van der Waals surface area contributed by atoms with Crippen molar-refractivity contribution in [3.05, 3.63) is 75.1 Å². The number of carbonyl (C=O) groups is 3. The maximum atomic E-state index is 13.9. The molecule has 0 fully saturated rings. The Hall–Kier alpha value is -3.96. The van der Waals surface area contributed by atoms with E-state index in [1.165, 1.54) is 19.1 Å². The van der Waals surface area contributed by atoms with Crippen molar-refractivity contribution >= 4 is 23.5 Å². The molecule has 0 saturated heterocycles. The summed E-state index contributed by atoms with van der Waals surface area (Å²) in [5.41, 5.74) is -1.41. The highest BCUT2D eigenvalue weighted by molar-refractivity contribution is 5.97. The molecule has 0 aliphatic heterocycles. The lowest BCUT2D eigenvalue weighted by atomic mass is 9.88. The van der Waals surface area contributed by atoms with Gasteiger partial charge in [0.1, 0.15) is 29.1 Å². The molecule has 0 bridgehead atoms. The van der Waals surface area contributed by atoms with E-state index in [1.54, 1.807) is 0 Å². The Morgan fingerprint density at radius 1 is 1.12 bits per heavy atom. The number of amides is 1. The summed E-state index contributed by atoms with van der Waals surface area (Å²) in [6.07, 6.45) is -0.572. The molecular formula is C20H17F3N2O7. The van der Waals surface area contributed by atoms with Gasteiger partial charge >= 0.3 is 11.9 Å². The molecule has 2 rings (SSSR count). The Balaban J connectivity index is 2.44. The van der Waals surface area contributed by atoms with Crippen molar-refractivity contribution in [1.29, 1.82) is 0 Å². The summed E-state index contributed by atoms with van der Waals surface area (Å²) in [4.78, 5) is 46.5. The van der Waals surface area contributed by atoms with Gasteiger partial charge in [-0.2, -0.15) is 0 Å². The molecule has 2 atom stereocenters. The van der Waals surface area contributed by atoms with Crippen LogP contribution in [0.3, 0.4) is 0 Å². The smallest absolute Gasteiger partial charge is 0.326 e. The van der Waals surface area contributed by atoms with Gasteiger partial charge in [0.25, 0.3) is 11.6 Å². The van der Waals surface area contributed by atoms with Crippen LogP contribution in [0.4, 0.5) is 18.9 Å². The largest absolute Gasteiger partial charge is 0.480 e. The fourth-order valence-corrected chi connectivity index (χ4v) is 2.98. The van der Waals surface area contributed by atoms with Crippen molar-refractivity contribution in [1.82, 2.24) is 5.32 Å². The molecule has 0 aliphatic carbocycles. The topological polar surface area (TPSA) is 136 Å². The summed E-state index contributed by atoms with van der Waals surface area (Å²) in [5, 5.41) is 22.4. The van der Waals surface area contributed by atoms with Gasteiger partial charge in [0.05, 0.1) is 18.0 Å². The van der Waals surface area contributed by atoms with E-state index in [0.717, 1.165) is 12.1 Å². The van der Waals surface area contributed by atoms with Gasteiger partial charge in [-0.05, 0) is 12.5 Å². The maximum Gasteiger partial charge on any atom is 0.326 e. The third-order valence-corrected chi connectivity index (χ3v) is 4.41. The normalized spacial score (nSPS) is 12.5. The maximum absolute atomic E-state index is 13.9. The molecule has 170 valence electrons. The monoisotopic (exact) mass is 454 g/mol. The molecule has 1 amide bonds. The number of ether oxygens (including phenoxy) is 1. The molecule has 0 heterocycles. The van der Waals surface area contributed by atoms with Crippen LogP contribution in [0.5, 0.6) is 0 Å². The molecule has 9 nitrogen and oxygen atoms in total. The molecule has 2 aromatic carbocycles. The van der Waals surface area contributed by atoms with Gasteiger partial charge in [0.2, 0.25) is 0 Å². The number of esters is 1. The zero-order chi connectivity index (χ0) is 24.0. The van der Waals surface area contributed by atoms with Crippen molar-refractivity contribution in [2.75, 3.05) is 6.61 Å². The summed E-state index contributed by atoms with van der Waals surface area (Å²) in [6, 6.07) is 3.10. The fraction of sp³-hybridized carbons (Fsp3) is 0.250. The Bertz CT molecular complexity index is 1020. The lowest BCUT2D eigenvalue weighted by Gasteiger charge is -2.25. The predicted octanol–water partition coefficient (Wildman–Crippen LogP) is 2.93. The van der Waals surface area contributed by atoms with Gasteiger partial charge in [-0.3, -0.25) is 19.7 Å². The number of carboxylic acids is 1. The van der Waals surface area contributed by atoms with Crippen molar-refractivity contribution in [3.63, 3.8) is 0 Å². The van der Waals surface area contributed by atoms with E-state index in [9.17, 15) is 42.8 Å². The van der Waals surface area contributed by atoms with E-state index >= 15 is 0 Å². The standard InChI is InChI=1S/C20H17F3N2O7/c1-2-32-16(26)9-13(10-3-5-12(6-4-10)25(30)31)18(20(28)29)24-19(27)17-14(22)7-11(21)8-15(17)23/h3-8,13,18H,2,9H2,1H3,(H,24,27)(H,28,29)/t13-,18-/m0/s1. The molecular weight excluding hydrogens is 437 g/mol. The van der Waals surface area contributed by atoms with Gasteiger partial charge in [0, 0.05) is 30.2 Å². The molecule has 0 aromatic heterocycles. The zero-order valence-corrected chi connectivity index (χ0v) is 16.5. The highest BCUT2D eigenvalue weighted by atomic mass is 19.1. The summed E-state index contributed by atoms with van der Waals surface area (Å²) >= 11 is 0. The lowest BCUT2D eigenvalue weighted by molar-refractivity contribution is -0.384. The summed E-state index contributed by atoms with van der Waals surface area (Å²) in [6.45, 7) is 1.48. The summed E-state index contributed by atoms with van der Waals surface area (Å²) < 4.78 is 45.8. The van der Waals surface area contributed by atoms with Crippen LogP contribution < -0.4 is 5.32 Å². The minimum atomic E-state index is -1.89. The zero-order valence-electron chi connectivity index (χ0n) is 16.5. The second-order valence-corrected chi connectivity index (χ2v) is 6.50. The van der Waals surface area contributed by atoms with E-state index in [2.05, 4.69) is 0 Å². The van der Waals surface area contributed by atoms with Gasteiger partial charge in [0.15, 0.2) is 0 Å². The van der Waals surface area contributed by atoms with E-state index in [1.807, 2.05) is 5.32 Å². The van der Waals surface area contributed by atoms with Crippen LogP contribution in [0.15, 0.2) is 36.4 Å². The average molecular weight is 454 g/mol. The van der Waals surface area contributed by atoms with Gasteiger partial charge in [-0.1, -0.05) is 12.1 Å². The molecule has 12 heteroatoms. The third kappa shape index (κ3) is 5.80. The number of nitro benzene ring substituents is 1. The second kappa shape index (κ2) is 10.4. The molecule has 0 unspecified atom stereocenters. The van der Waals surface area contributed by atoms with Crippen LogP contribution in [0.2, 0.25) is 0 Å². The number of nitro groups is 1. The van der Waals surface area contributed by atoms with Crippen LogP contribution in [0.1, 0.15) is 35.2 Å². The van der Waals surface area contributed by atoms with Crippen molar-refractivity contribution in [2.45, 2.75) is 25.3 Å². The Kier molecular flexibility index (Phi) is 7.88.